The molecule has 1 aliphatic heterocycles. The van der Waals surface area contributed by atoms with E-state index >= 15 is 0 Å². The Bertz CT molecular complexity index is 450. The number of ether oxygens (including phenoxy) is 1. The first-order valence-corrected chi connectivity index (χ1v) is 5.91. The van der Waals surface area contributed by atoms with E-state index in [2.05, 4.69) is 0 Å². The summed E-state index contributed by atoms with van der Waals surface area (Å²) in [5.41, 5.74) is 6.33. The quantitative estimate of drug-likeness (QED) is 0.876. The molecule has 2 N–H and O–H groups in total. The third-order valence-electron chi connectivity index (χ3n) is 2.85. The van der Waals surface area contributed by atoms with Crippen LogP contribution in [0.2, 0.25) is 5.02 Å². The Labute approximate surface area is 105 Å². The van der Waals surface area contributed by atoms with Crippen LogP contribution in [-0.2, 0) is 4.79 Å². The molecule has 4 nitrogen and oxygen atoms in total. The predicted octanol–water partition coefficient (Wildman–Crippen LogP) is 1.80. The van der Waals surface area contributed by atoms with Gasteiger partial charge in [0, 0.05) is 17.6 Å². The summed E-state index contributed by atoms with van der Waals surface area (Å²) in [6.45, 7) is 4.03. The number of benzene rings is 1. The molecule has 0 saturated heterocycles. The Morgan fingerprint density at radius 3 is 2.94 bits per heavy atom. The minimum Gasteiger partial charge on any atom is -0.479 e. The van der Waals surface area contributed by atoms with E-state index in [0.29, 0.717) is 23.0 Å². The van der Waals surface area contributed by atoms with E-state index in [9.17, 15) is 4.79 Å². The Morgan fingerprint density at radius 2 is 2.29 bits per heavy atom. The molecule has 2 rings (SSSR count). The standard InChI is InChI=1S/C12H15ClN2O2/c1-7(6-14)15-10-5-9(13)3-4-11(10)17-8(2)12(15)16/h3-5,7-8H,6,14H2,1-2H3. The number of anilines is 1. The van der Waals surface area contributed by atoms with Crippen molar-refractivity contribution >= 4 is 23.2 Å². The van der Waals surface area contributed by atoms with Gasteiger partial charge in [-0.2, -0.15) is 0 Å². The first-order chi connectivity index (χ1) is 8.04. The second-order valence-corrected chi connectivity index (χ2v) is 4.60. The Balaban J connectivity index is 2.50. The first-order valence-electron chi connectivity index (χ1n) is 5.54. The number of carbonyl (C=O) groups excluding carboxylic acids is 1. The van der Waals surface area contributed by atoms with Crippen molar-refractivity contribution < 1.29 is 9.53 Å². The maximum absolute atomic E-state index is 12.1. The Hall–Kier alpha value is -1.26. The normalized spacial score (nSPS) is 20.8. The number of nitrogens with zero attached hydrogens (tertiary/aromatic N) is 1. The van der Waals surface area contributed by atoms with Gasteiger partial charge in [-0.05, 0) is 32.0 Å². The van der Waals surface area contributed by atoms with Crippen LogP contribution >= 0.6 is 11.6 Å². The monoisotopic (exact) mass is 254 g/mol. The zero-order valence-corrected chi connectivity index (χ0v) is 10.6. The van der Waals surface area contributed by atoms with Crippen LogP contribution in [0.4, 0.5) is 5.69 Å². The van der Waals surface area contributed by atoms with Crippen molar-refractivity contribution in [3.8, 4) is 5.75 Å². The summed E-state index contributed by atoms with van der Waals surface area (Å²) in [7, 11) is 0. The molecular formula is C12H15ClN2O2. The smallest absolute Gasteiger partial charge is 0.268 e. The van der Waals surface area contributed by atoms with Gasteiger partial charge in [0.2, 0.25) is 0 Å². The van der Waals surface area contributed by atoms with Crippen molar-refractivity contribution in [2.24, 2.45) is 5.73 Å². The van der Waals surface area contributed by atoms with Gasteiger partial charge in [-0.15, -0.1) is 0 Å². The molecule has 17 heavy (non-hydrogen) atoms. The lowest BCUT2D eigenvalue weighted by atomic mass is 10.1. The molecule has 0 saturated carbocycles. The number of hydrogen-bond donors (Lipinski definition) is 1. The molecule has 0 aromatic heterocycles. The molecule has 2 atom stereocenters. The molecule has 1 heterocycles. The molecule has 0 spiro atoms. The molecule has 92 valence electrons. The maximum atomic E-state index is 12.1. The number of halogens is 1. The van der Waals surface area contributed by atoms with Crippen molar-refractivity contribution in [3.63, 3.8) is 0 Å². The summed E-state index contributed by atoms with van der Waals surface area (Å²) < 4.78 is 5.53. The van der Waals surface area contributed by atoms with Crippen molar-refractivity contribution in [3.05, 3.63) is 23.2 Å². The van der Waals surface area contributed by atoms with Gasteiger partial charge >= 0.3 is 0 Å². The summed E-state index contributed by atoms with van der Waals surface area (Å²) in [5, 5.41) is 0.573. The van der Waals surface area contributed by atoms with Gasteiger partial charge in [-0.3, -0.25) is 4.79 Å². The molecular weight excluding hydrogens is 240 g/mol. The van der Waals surface area contributed by atoms with Crippen molar-refractivity contribution in [2.45, 2.75) is 26.0 Å². The summed E-state index contributed by atoms with van der Waals surface area (Å²) in [6.07, 6.45) is -0.488. The van der Waals surface area contributed by atoms with Gasteiger partial charge in [0.15, 0.2) is 6.10 Å². The third-order valence-corrected chi connectivity index (χ3v) is 3.09. The lowest BCUT2D eigenvalue weighted by Gasteiger charge is -2.36. The van der Waals surface area contributed by atoms with E-state index in [-0.39, 0.29) is 11.9 Å². The Kier molecular flexibility index (Phi) is 3.26. The molecule has 1 amide bonds. The number of fused-ring (bicyclic) bond motifs is 1. The highest BCUT2D eigenvalue weighted by molar-refractivity contribution is 6.31. The second kappa shape index (κ2) is 4.55. The summed E-state index contributed by atoms with van der Waals surface area (Å²) in [4.78, 5) is 13.8. The number of carbonyl (C=O) groups is 1. The van der Waals surface area contributed by atoms with Crippen LogP contribution in [0.5, 0.6) is 5.75 Å². The number of amides is 1. The van der Waals surface area contributed by atoms with Crippen LogP contribution in [0, 0.1) is 0 Å². The summed E-state index contributed by atoms with van der Waals surface area (Å²) >= 11 is 5.95. The molecule has 1 aliphatic rings. The fourth-order valence-corrected chi connectivity index (χ4v) is 2.06. The second-order valence-electron chi connectivity index (χ2n) is 4.17. The molecule has 1 aromatic carbocycles. The van der Waals surface area contributed by atoms with Crippen LogP contribution in [0.25, 0.3) is 0 Å². The molecule has 5 heteroatoms. The first kappa shape index (κ1) is 12.2. The summed E-state index contributed by atoms with van der Waals surface area (Å²) in [5.74, 6) is 0.583. The molecule has 0 aliphatic carbocycles. The van der Waals surface area contributed by atoms with Crippen LogP contribution < -0.4 is 15.4 Å². The van der Waals surface area contributed by atoms with Gasteiger partial charge in [0.25, 0.3) is 5.91 Å². The minimum atomic E-state index is -0.488. The molecule has 0 radical (unpaired) electrons. The lowest BCUT2D eigenvalue weighted by Crippen LogP contribution is -2.51. The molecule has 0 bridgehead atoms. The van der Waals surface area contributed by atoms with Gasteiger partial charge in [0.05, 0.1) is 5.69 Å². The van der Waals surface area contributed by atoms with E-state index in [0.717, 1.165) is 0 Å². The zero-order chi connectivity index (χ0) is 12.6. The highest BCUT2D eigenvalue weighted by Crippen LogP contribution is 2.37. The fraction of sp³-hybridized carbons (Fsp3) is 0.417. The molecule has 1 aromatic rings. The van der Waals surface area contributed by atoms with Gasteiger partial charge in [-0.1, -0.05) is 11.6 Å². The average Bonchev–Trinajstić information content (AvgIpc) is 2.31. The van der Waals surface area contributed by atoms with Crippen molar-refractivity contribution in [1.29, 1.82) is 0 Å². The fourth-order valence-electron chi connectivity index (χ4n) is 1.89. The predicted molar refractivity (Wildman–Crippen MR) is 67.5 cm³/mol. The molecule has 0 fully saturated rings. The minimum absolute atomic E-state index is 0.0777. The van der Waals surface area contributed by atoms with Crippen LogP contribution in [0.15, 0.2) is 18.2 Å². The van der Waals surface area contributed by atoms with Crippen LogP contribution in [-0.4, -0.2) is 24.6 Å². The summed E-state index contributed by atoms with van der Waals surface area (Å²) in [6, 6.07) is 5.17. The number of rotatable bonds is 2. The van der Waals surface area contributed by atoms with Gasteiger partial charge in [0.1, 0.15) is 5.75 Å². The highest BCUT2D eigenvalue weighted by atomic mass is 35.5. The zero-order valence-electron chi connectivity index (χ0n) is 9.81. The van der Waals surface area contributed by atoms with Gasteiger partial charge in [-0.25, -0.2) is 0 Å². The van der Waals surface area contributed by atoms with Crippen LogP contribution in [0.1, 0.15) is 13.8 Å². The largest absolute Gasteiger partial charge is 0.479 e. The SMILES string of the molecule is CC1Oc2ccc(Cl)cc2N(C(C)CN)C1=O. The van der Waals surface area contributed by atoms with E-state index in [1.165, 1.54) is 0 Å². The topological polar surface area (TPSA) is 55.6 Å². The van der Waals surface area contributed by atoms with E-state index < -0.39 is 6.10 Å². The van der Waals surface area contributed by atoms with E-state index in [1.54, 1.807) is 30.0 Å². The van der Waals surface area contributed by atoms with Crippen molar-refractivity contribution in [1.82, 2.24) is 0 Å². The van der Waals surface area contributed by atoms with Crippen molar-refractivity contribution in [2.75, 3.05) is 11.4 Å². The number of hydrogen-bond acceptors (Lipinski definition) is 3. The van der Waals surface area contributed by atoms with Gasteiger partial charge < -0.3 is 15.4 Å². The van der Waals surface area contributed by atoms with E-state index in [1.807, 2.05) is 6.92 Å². The van der Waals surface area contributed by atoms with E-state index in [4.69, 9.17) is 22.1 Å². The van der Waals surface area contributed by atoms with Crippen LogP contribution in [0.3, 0.4) is 0 Å². The Morgan fingerprint density at radius 1 is 1.59 bits per heavy atom. The average molecular weight is 255 g/mol. The lowest BCUT2D eigenvalue weighted by molar-refractivity contribution is -0.126. The number of nitrogens with two attached hydrogens (primary N) is 1. The maximum Gasteiger partial charge on any atom is 0.268 e. The highest BCUT2D eigenvalue weighted by Gasteiger charge is 2.34. The molecule has 2 unspecified atom stereocenters. The third kappa shape index (κ3) is 2.10.